The molecule has 2 aliphatic rings. The predicted molar refractivity (Wildman–Crippen MR) is 135 cm³/mol. The van der Waals surface area contributed by atoms with Gasteiger partial charge in [-0.2, -0.15) is 5.10 Å². The summed E-state index contributed by atoms with van der Waals surface area (Å²) >= 11 is 0. The van der Waals surface area contributed by atoms with Gasteiger partial charge in [-0.05, 0) is 49.1 Å². The third-order valence-electron chi connectivity index (χ3n) is 6.66. The minimum atomic E-state index is 0.0468. The van der Waals surface area contributed by atoms with Crippen LogP contribution in [0.4, 0.5) is 5.69 Å². The molecule has 0 saturated heterocycles. The maximum absolute atomic E-state index is 13.7. The van der Waals surface area contributed by atoms with E-state index in [1.165, 1.54) is 0 Å². The minimum absolute atomic E-state index is 0.0468. The highest BCUT2D eigenvalue weighted by molar-refractivity contribution is 6.03. The van der Waals surface area contributed by atoms with Crippen molar-refractivity contribution in [3.8, 4) is 0 Å². The highest BCUT2D eigenvalue weighted by Crippen LogP contribution is 2.30. The summed E-state index contributed by atoms with van der Waals surface area (Å²) in [5.41, 5.74) is 6.38. The van der Waals surface area contributed by atoms with Crippen LogP contribution in [0, 0.1) is 0 Å². The summed E-state index contributed by atoms with van der Waals surface area (Å²) in [6.45, 7) is 0.578. The van der Waals surface area contributed by atoms with Crippen LogP contribution < -0.4 is 10.7 Å². The van der Waals surface area contributed by atoms with Gasteiger partial charge in [-0.1, -0.05) is 66.7 Å². The molecule has 4 aromatic rings. The number of hydrogen-bond acceptors (Lipinski definition) is 3. The average Bonchev–Trinajstić information content (AvgIpc) is 3.60. The number of rotatable bonds is 5. The van der Waals surface area contributed by atoms with Crippen LogP contribution in [0.5, 0.6) is 0 Å². The number of nitrogens with zero attached hydrogens (tertiary/aromatic N) is 4. The fourth-order valence-electron chi connectivity index (χ4n) is 5.09. The monoisotopic (exact) mass is 434 g/mol. The Bertz CT molecular complexity index is 1410. The van der Waals surface area contributed by atoms with Crippen LogP contribution in [-0.4, -0.2) is 20.9 Å². The van der Waals surface area contributed by atoms with E-state index in [9.17, 15) is 4.79 Å². The third kappa shape index (κ3) is 3.50. The molecule has 0 N–H and O–H groups in total. The highest BCUT2D eigenvalue weighted by Gasteiger charge is 2.30. The molecule has 0 radical (unpaired) electrons. The molecule has 1 aromatic heterocycles. The number of aromatic nitrogens is 2. The quantitative estimate of drug-likeness (QED) is 0.416. The molecule has 1 aliphatic carbocycles. The van der Waals surface area contributed by atoms with Crippen LogP contribution in [0.3, 0.4) is 0 Å². The summed E-state index contributed by atoms with van der Waals surface area (Å²) in [4.78, 5) is 13.7. The van der Waals surface area contributed by atoms with Crippen molar-refractivity contribution in [1.82, 2.24) is 9.13 Å². The van der Waals surface area contributed by atoms with Gasteiger partial charge in [0, 0.05) is 12.1 Å². The van der Waals surface area contributed by atoms with Crippen molar-refractivity contribution >= 4 is 28.1 Å². The molecule has 1 aliphatic heterocycles. The standard InChI is InChI=1S/C28H26N4O/c33-28-30(26-17-9-10-18-27(26)31(28)22-13-7-8-14-22)20-24-19-25(21-11-3-1-4-12-21)29-32(24)23-15-5-2-6-16-23/h1-6,9-13,15-18,24H,7-8,14,19-20H2. The lowest BCUT2D eigenvalue weighted by molar-refractivity contribution is 0.544. The van der Waals surface area contributed by atoms with E-state index in [-0.39, 0.29) is 11.7 Å². The van der Waals surface area contributed by atoms with E-state index in [1.807, 2.05) is 57.7 Å². The molecule has 2 heterocycles. The highest BCUT2D eigenvalue weighted by atomic mass is 16.1. The van der Waals surface area contributed by atoms with E-state index in [2.05, 4.69) is 47.5 Å². The van der Waals surface area contributed by atoms with Gasteiger partial charge in [-0.3, -0.25) is 14.1 Å². The van der Waals surface area contributed by atoms with Gasteiger partial charge in [0.2, 0.25) is 0 Å². The van der Waals surface area contributed by atoms with Crippen molar-refractivity contribution in [2.24, 2.45) is 5.10 Å². The largest absolute Gasteiger partial charge is 0.333 e. The molecular formula is C28H26N4O. The number of hydrogen-bond donors (Lipinski definition) is 0. The summed E-state index contributed by atoms with van der Waals surface area (Å²) in [6.07, 6.45) is 6.10. The number of hydrazone groups is 1. The Morgan fingerprint density at radius 3 is 2.27 bits per heavy atom. The van der Waals surface area contributed by atoms with Gasteiger partial charge < -0.3 is 0 Å². The van der Waals surface area contributed by atoms with Crippen LogP contribution in [0.25, 0.3) is 16.7 Å². The summed E-state index contributed by atoms with van der Waals surface area (Å²) in [7, 11) is 0. The molecule has 164 valence electrons. The first kappa shape index (κ1) is 19.8. The Hall–Kier alpha value is -3.86. The van der Waals surface area contributed by atoms with Gasteiger partial charge in [0.25, 0.3) is 0 Å². The number of allylic oxidation sites excluding steroid dienone is 2. The van der Waals surface area contributed by atoms with E-state index < -0.39 is 0 Å². The minimum Gasteiger partial charge on any atom is -0.289 e. The zero-order chi connectivity index (χ0) is 22.2. The zero-order valence-corrected chi connectivity index (χ0v) is 18.5. The van der Waals surface area contributed by atoms with Gasteiger partial charge >= 0.3 is 5.69 Å². The van der Waals surface area contributed by atoms with Crippen molar-refractivity contribution in [2.75, 3.05) is 5.01 Å². The topological polar surface area (TPSA) is 42.5 Å². The van der Waals surface area contributed by atoms with Gasteiger partial charge in [0.15, 0.2) is 0 Å². The van der Waals surface area contributed by atoms with Gasteiger partial charge in [0.05, 0.1) is 35.0 Å². The lowest BCUT2D eigenvalue weighted by Crippen LogP contribution is -2.35. The van der Waals surface area contributed by atoms with Crippen molar-refractivity contribution < 1.29 is 0 Å². The first-order valence-electron chi connectivity index (χ1n) is 11.7. The van der Waals surface area contributed by atoms with Crippen LogP contribution >= 0.6 is 0 Å². The zero-order valence-electron chi connectivity index (χ0n) is 18.5. The van der Waals surface area contributed by atoms with Crippen LogP contribution in [0.2, 0.25) is 0 Å². The maximum Gasteiger partial charge on any atom is 0.333 e. The lowest BCUT2D eigenvalue weighted by atomic mass is 10.0. The van der Waals surface area contributed by atoms with E-state index in [0.717, 1.165) is 59.4 Å². The number of anilines is 1. The van der Waals surface area contributed by atoms with E-state index >= 15 is 0 Å². The molecule has 0 fully saturated rings. The van der Waals surface area contributed by atoms with E-state index in [4.69, 9.17) is 5.10 Å². The Morgan fingerprint density at radius 1 is 0.848 bits per heavy atom. The molecule has 0 amide bonds. The smallest absolute Gasteiger partial charge is 0.289 e. The van der Waals surface area contributed by atoms with Crippen molar-refractivity contribution in [3.05, 3.63) is 107 Å². The Balaban J connectivity index is 1.42. The Kier molecular flexibility index (Phi) is 4.95. The fraction of sp³-hybridized carbons (Fsp3) is 0.214. The van der Waals surface area contributed by atoms with Crippen molar-refractivity contribution in [2.45, 2.75) is 38.3 Å². The number of imidazole rings is 1. The summed E-state index contributed by atoms with van der Waals surface area (Å²) in [6, 6.07) is 28.8. The molecule has 5 heteroatoms. The number of para-hydroxylation sites is 3. The molecule has 6 rings (SSSR count). The van der Waals surface area contributed by atoms with E-state index in [0.29, 0.717) is 6.54 Å². The van der Waals surface area contributed by atoms with Crippen LogP contribution in [0.15, 0.2) is 101 Å². The second-order valence-corrected chi connectivity index (χ2v) is 8.76. The second kappa shape index (κ2) is 8.24. The summed E-state index contributed by atoms with van der Waals surface area (Å²) < 4.78 is 3.86. The number of benzene rings is 3. The van der Waals surface area contributed by atoms with Gasteiger partial charge in [-0.15, -0.1) is 0 Å². The first-order valence-corrected chi connectivity index (χ1v) is 11.7. The van der Waals surface area contributed by atoms with Crippen LogP contribution in [-0.2, 0) is 6.54 Å². The third-order valence-corrected chi connectivity index (χ3v) is 6.66. The first-order chi connectivity index (χ1) is 16.3. The van der Waals surface area contributed by atoms with Gasteiger partial charge in [-0.25, -0.2) is 4.79 Å². The molecule has 3 aromatic carbocycles. The van der Waals surface area contributed by atoms with Gasteiger partial charge in [0.1, 0.15) is 0 Å². The molecule has 5 nitrogen and oxygen atoms in total. The molecule has 1 unspecified atom stereocenters. The second-order valence-electron chi connectivity index (χ2n) is 8.76. The van der Waals surface area contributed by atoms with E-state index in [1.54, 1.807) is 0 Å². The van der Waals surface area contributed by atoms with Crippen molar-refractivity contribution in [3.63, 3.8) is 0 Å². The molecule has 0 saturated carbocycles. The van der Waals surface area contributed by atoms with Crippen molar-refractivity contribution in [1.29, 1.82) is 0 Å². The maximum atomic E-state index is 13.7. The molecular weight excluding hydrogens is 408 g/mol. The fourth-order valence-corrected chi connectivity index (χ4v) is 5.09. The average molecular weight is 435 g/mol. The Morgan fingerprint density at radius 2 is 1.55 bits per heavy atom. The summed E-state index contributed by atoms with van der Waals surface area (Å²) in [5, 5.41) is 7.11. The molecule has 1 atom stereocenters. The lowest BCUT2D eigenvalue weighted by Gasteiger charge is -2.24. The SMILES string of the molecule is O=c1n(CC2CC(c3ccccc3)=NN2c2ccccc2)c2ccccc2n1C1=CCCC1. The molecule has 0 spiro atoms. The summed E-state index contributed by atoms with van der Waals surface area (Å²) in [5.74, 6) is 0. The molecule has 0 bridgehead atoms. The normalized spacial score (nSPS) is 18.1. The van der Waals surface area contributed by atoms with Crippen LogP contribution in [0.1, 0.15) is 31.2 Å². The molecule has 33 heavy (non-hydrogen) atoms. The Labute approximate surface area is 192 Å². The predicted octanol–water partition coefficient (Wildman–Crippen LogP) is 5.51. The number of fused-ring (bicyclic) bond motifs is 1.